The number of halogens is 1. The van der Waals surface area contributed by atoms with E-state index in [2.05, 4.69) is 15.7 Å². The van der Waals surface area contributed by atoms with Gasteiger partial charge in [0.05, 0.1) is 12.1 Å². The summed E-state index contributed by atoms with van der Waals surface area (Å²) in [6, 6.07) is 1.88. The van der Waals surface area contributed by atoms with Crippen LogP contribution in [0.25, 0.3) is 0 Å². The molecule has 1 aromatic rings. The molecule has 100 valence electrons. The molecule has 6 heteroatoms. The van der Waals surface area contributed by atoms with Crippen molar-refractivity contribution >= 4 is 24.1 Å². The number of amides is 1. The van der Waals surface area contributed by atoms with Gasteiger partial charge in [0.2, 0.25) is 5.91 Å². The molecule has 3 rings (SSSR count). The van der Waals surface area contributed by atoms with Crippen LogP contribution >= 0.6 is 12.4 Å². The molecule has 1 atom stereocenters. The lowest BCUT2D eigenvalue weighted by Gasteiger charge is -2.11. The van der Waals surface area contributed by atoms with Crippen molar-refractivity contribution in [1.29, 1.82) is 0 Å². The lowest BCUT2D eigenvalue weighted by molar-refractivity contribution is -0.119. The van der Waals surface area contributed by atoms with Crippen LogP contribution in [0, 0.1) is 11.8 Å². The van der Waals surface area contributed by atoms with Gasteiger partial charge in [-0.15, -0.1) is 12.4 Å². The molecular weight excluding hydrogens is 252 g/mol. The maximum atomic E-state index is 12.0. The van der Waals surface area contributed by atoms with Crippen LogP contribution in [0.4, 0.5) is 5.82 Å². The Hall–Kier alpha value is -1.07. The van der Waals surface area contributed by atoms with E-state index in [1.807, 2.05) is 10.7 Å². The van der Waals surface area contributed by atoms with Gasteiger partial charge in [-0.3, -0.25) is 4.79 Å². The molecule has 5 nitrogen and oxygen atoms in total. The second-order valence-corrected chi connectivity index (χ2v) is 5.02. The molecule has 0 aromatic carbocycles. The third-order valence-electron chi connectivity index (χ3n) is 3.53. The third kappa shape index (κ3) is 3.03. The Bertz CT molecular complexity index is 410. The number of hydrogen-bond donors (Lipinski definition) is 2. The van der Waals surface area contributed by atoms with Gasteiger partial charge >= 0.3 is 0 Å². The molecule has 0 radical (unpaired) electrons. The van der Waals surface area contributed by atoms with Crippen LogP contribution in [0.1, 0.15) is 19.3 Å². The first kappa shape index (κ1) is 13.4. The zero-order valence-corrected chi connectivity index (χ0v) is 11.1. The van der Waals surface area contributed by atoms with Gasteiger partial charge in [-0.25, -0.2) is 4.68 Å². The van der Waals surface area contributed by atoms with E-state index in [4.69, 9.17) is 0 Å². The number of rotatable bonds is 4. The first-order chi connectivity index (χ1) is 8.33. The summed E-state index contributed by atoms with van der Waals surface area (Å²) in [4.78, 5) is 12.0. The number of nitrogens with one attached hydrogen (secondary N) is 2. The summed E-state index contributed by atoms with van der Waals surface area (Å²) in [5.74, 6) is 1.83. The normalized spacial score (nSPS) is 22.6. The average molecular weight is 271 g/mol. The van der Waals surface area contributed by atoms with Crippen LogP contribution in [0.3, 0.4) is 0 Å². The van der Waals surface area contributed by atoms with E-state index < -0.39 is 0 Å². The highest BCUT2D eigenvalue weighted by Gasteiger charge is 2.25. The largest absolute Gasteiger partial charge is 0.316 e. The van der Waals surface area contributed by atoms with E-state index in [9.17, 15) is 4.79 Å². The highest BCUT2D eigenvalue weighted by molar-refractivity contribution is 5.92. The third-order valence-corrected chi connectivity index (χ3v) is 3.53. The van der Waals surface area contributed by atoms with Gasteiger partial charge in [0.1, 0.15) is 5.82 Å². The Morgan fingerprint density at radius 2 is 2.33 bits per heavy atom. The maximum Gasteiger partial charge on any atom is 0.229 e. The summed E-state index contributed by atoms with van der Waals surface area (Å²) in [5, 5.41) is 10.5. The van der Waals surface area contributed by atoms with Gasteiger partial charge in [0.15, 0.2) is 0 Å². The maximum absolute atomic E-state index is 12.0. The molecule has 1 unspecified atom stereocenters. The van der Waals surface area contributed by atoms with Gasteiger partial charge < -0.3 is 10.6 Å². The Balaban J connectivity index is 0.00000120. The van der Waals surface area contributed by atoms with E-state index in [-0.39, 0.29) is 24.2 Å². The molecular formula is C12H19ClN4O. The van der Waals surface area contributed by atoms with Crippen molar-refractivity contribution in [2.75, 3.05) is 18.4 Å². The van der Waals surface area contributed by atoms with Crippen molar-refractivity contribution in [2.24, 2.45) is 11.8 Å². The second kappa shape index (κ2) is 5.71. The summed E-state index contributed by atoms with van der Waals surface area (Å²) in [7, 11) is 0. The Morgan fingerprint density at radius 1 is 1.50 bits per heavy atom. The molecule has 0 bridgehead atoms. The highest BCUT2D eigenvalue weighted by Crippen LogP contribution is 2.31. The number of nitrogens with zero attached hydrogens (tertiary/aromatic N) is 2. The number of carbonyl (C=O) groups excluding carboxylic acids is 1. The van der Waals surface area contributed by atoms with Gasteiger partial charge in [0, 0.05) is 19.2 Å². The van der Waals surface area contributed by atoms with Gasteiger partial charge in [-0.05, 0) is 31.7 Å². The summed E-state index contributed by atoms with van der Waals surface area (Å²) in [6.07, 6.45) is 5.27. The van der Waals surface area contributed by atoms with Crippen molar-refractivity contribution in [2.45, 2.75) is 25.8 Å². The predicted molar refractivity (Wildman–Crippen MR) is 71.8 cm³/mol. The smallest absolute Gasteiger partial charge is 0.229 e. The zero-order chi connectivity index (χ0) is 11.7. The first-order valence-corrected chi connectivity index (χ1v) is 6.36. The standard InChI is InChI=1S/C12H18N4O.ClH/c17-12(10-3-5-13-7-10)15-11-4-6-14-16(11)8-9-1-2-9;/h4,6,9-10,13H,1-3,5,7-8H2,(H,15,17);1H. The SMILES string of the molecule is Cl.O=C(Nc1ccnn1CC1CC1)C1CCNC1. The van der Waals surface area contributed by atoms with E-state index in [0.29, 0.717) is 0 Å². The van der Waals surface area contributed by atoms with E-state index in [1.165, 1.54) is 12.8 Å². The fourth-order valence-corrected chi connectivity index (χ4v) is 2.24. The van der Waals surface area contributed by atoms with E-state index >= 15 is 0 Å². The Labute approximate surface area is 113 Å². The molecule has 2 heterocycles. The first-order valence-electron chi connectivity index (χ1n) is 6.36. The highest BCUT2D eigenvalue weighted by atomic mass is 35.5. The predicted octanol–water partition coefficient (Wildman–Crippen LogP) is 1.26. The van der Waals surface area contributed by atoms with Crippen LogP contribution in [-0.4, -0.2) is 28.8 Å². The quantitative estimate of drug-likeness (QED) is 0.866. The van der Waals surface area contributed by atoms with Crippen LogP contribution in [0.15, 0.2) is 12.3 Å². The number of carbonyl (C=O) groups is 1. The Kier molecular flexibility index (Phi) is 4.24. The molecule has 1 aromatic heterocycles. The minimum absolute atomic E-state index is 0. The molecule has 2 aliphatic rings. The lowest BCUT2D eigenvalue weighted by atomic mass is 10.1. The number of aromatic nitrogens is 2. The fraction of sp³-hybridized carbons (Fsp3) is 0.667. The number of anilines is 1. The molecule has 0 spiro atoms. The van der Waals surface area contributed by atoms with Crippen LogP contribution in [0.5, 0.6) is 0 Å². The molecule has 2 fully saturated rings. The fourth-order valence-electron chi connectivity index (χ4n) is 2.24. The summed E-state index contributed by atoms with van der Waals surface area (Å²) in [6.45, 7) is 2.67. The van der Waals surface area contributed by atoms with Crippen molar-refractivity contribution < 1.29 is 4.79 Å². The van der Waals surface area contributed by atoms with Crippen LogP contribution < -0.4 is 10.6 Å². The topological polar surface area (TPSA) is 59.0 Å². The van der Waals surface area contributed by atoms with Crippen molar-refractivity contribution in [3.8, 4) is 0 Å². The molecule has 1 aliphatic carbocycles. The van der Waals surface area contributed by atoms with Crippen molar-refractivity contribution in [3.05, 3.63) is 12.3 Å². The van der Waals surface area contributed by atoms with Crippen LogP contribution in [0.2, 0.25) is 0 Å². The van der Waals surface area contributed by atoms with Gasteiger partial charge in [-0.2, -0.15) is 5.10 Å². The molecule has 1 saturated heterocycles. The van der Waals surface area contributed by atoms with Crippen LogP contribution in [-0.2, 0) is 11.3 Å². The van der Waals surface area contributed by atoms with E-state index in [1.54, 1.807) is 6.20 Å². The molecule has 1 aliphatic heterocycles. The van der Waals surface area contributed by atoms with Gasteiger partial charge in [-0.1, -0.05) is 0 Å². The average Bonchev–Trinajstić information content (AvgIpc) is 2.81. The monoisotopic (exact) mass is 270 g/mol. The summed E-state index contributed by atoms with van der Waals surface area (Å²) < 4.78 is 1.91. The second-order valence-electron chi connectivity index (χ2n) is 5.02. The minimum atomic E-state index is 0. The van der Waals surface area contributed by atoms with Crippen molar-refractivity contribution in [3.63, 3.8) is 0 Å². The molecule has 1 saturated carbocycles. The lowest BCUT2D eigenvalue weighted by Crippen LogP contribution is -2.26. The van der Waals surface area contributed by atoms with Gasteiger partial charge in [0.25, 0.3) is 0 Å². The van der Waals surface area contributed by atoms with E-state index in [0.717, 1.165) is 37.8 Å². The molecule has 1 amide bonds. The summed E-state index contributed by atoms with van der Waals surface area (Å²) >= 11 is 0. The number of hydrogen-bond acceptors (Lipinski definition) is 3. The zero-order valence-electron chi connectivity index (χ0n) is 10.3. The van der Waals surface area contributed by atoms with Crippen molar-refractivity contribution in [1.82, 2.24) is 15.1 Å². The Morgan fingerprint density at radius 3 is 3.00 bits per heavy atom. The summed E-state index contributed by atoms with van der Waals surface area (Å²) in [5.41, 5.74) is 0. The molecule has 18 heavy (non-hydrogen) atoms. The molecule has 2 N–H and O–H groups in total. The minimum Gasteiger partial charge on any atom is -0.316 e.